The second-order valence-corrected chi connectivity index (χ2v) is 12.6. The van der Waals surface area contributed by atoms with E-state index in [1.165, 1.54) is 15.6 Å². The van der Waals surface area contributed by atoms with Crippen LogP contribution >= 0.6 is 11.3 Å². The van der Waals surface area contributed by atoms with Crippen LogP contribution in [0.2, 0.25) is 0 Å². The second kappa shape index (κ2) is 10.3. The van der Waals surface area contributed by atoms with Crippen molar-refractivity contribution in [2.24, 2.45) is 5.92 Å². The summed E-state index contributed by atoms with van der Waals surface area (Å²) in [6.07, 6.45) is 4.41. The molecule has 2 aromatic heterocycles. The molecule has 0 N–H and O–H groups in total. The number of hydrogen-bond donors (Lipinski definition) is 0. The van der Waals surface area contributed by atoms with Crippen molar-refractivity contribution in [1.82, 2.24) is 14.3 Å². The number of nitrogens with zero attached hydrogens (tertiary/aromatic N) is 4. The molecule has 9 heteroatoms. The number of carbonyl (C=O) groups excluding carboxylic acids is 1. The summed E-state index contributed by atoms with van der Waals surface area (Å²) in [5.74, 6) is -0.305. The molecule has 4 aromatic rings. The lowest BCUT2D eigenvalue weighted by molar-refractivity contribution is -0.123. The van der Waals surface area contributed by atoms with E-state index in [0.717, 1.165) is 32.5 Å². The van der Waals surface area contributed by atoms with Crippen molar-refractivity contribution in [2.45, 2.75) is 45.1 Å². The maximum absolute atomic E-state index is 13.9. The third-order valence-corrected chi connectivity index (χ3v) is 10.1. The number of fused-ring (bicyclic) bond motifs is 1. The molecule has 0 aliphatic carbocycles. The molecule has 1 aliphatic rings. The van der Waals surface area contributed by atoms with Crippen LogP contribution in [0.3, 0.4) is 0 Å². The first kappa shape index (κ1) is 25.5. The Morgan fingerprint density at radius 1 is 1.03 bits per heavy atom. The topological polar surface area (TPSA) is 83.5 Å². The number of aryl methyl sites for hydroxylation is 3. The van der Waals surface area contributed by atoms with Gasteiger partial charge in [-0.3, -0.25) is 14.7 Å². The number of hydrogen-bond acceptors (Lipinski definition) is 6. The molecule has 1 saturated heterocycles. The van der Waals surface area contributed by atoms with Gasteiger partial charge in [0.2, 0.25) is 15.9 Å². The van der Waals surface area contributed by atoms with Crippen LogP contribution in [0.1, 0.15) is 35.1 Å². The van der Waals surface area contributed by atoms with E-state index in [4.69, 9.17) is 4.98 Å². The number of aromatic nitrogens is 2. The van der Waals surface area contributed by atoms with E-state index in [-0.39, 0.29) is 11.8 Å². The smallest absolute Gasteiger partial charge is 0.243 e. The first-order valence-corrected chi connectivity index (χ1v) is 14.6. The number of benzene rings is 2. The Morgan fingerprint density at radius 3 is 2.38 bits per heavy atom. The molecule has 1 aliphatic heterocycles. The summed E-state index contributed by atoms with van der Waals surface area (Å²) in [5, 5.41) is 0.663. The van der Waals surface area contributed by atoms with Gasteiger partial charge in [-0.05, 0) is 68.5 Å². The van der Waals surface area contributed by atoms with Gasteiger partial charge in [-0.1, -0.05) is 47.2 Å². The highest BCUT2D eigenvalue weighted by Gasteiger charge is 2.35. The maximum Gasteiger partial charge on any atom is 0.243 e. The summed E-state index contributed by atoms with van der Waals surface area (Å²) in [5.41, 5.74) is 5.06. The zero-order chi connectivity index (χ0) is 26.2. The fourth-order valence-electron chi connectivity index (χ4n) is 4.70. The molecule has 37 heavy (non-hydrogen) atoms. The van der Waals surface area contributed by atoms with Crippen molar-refractivity contribution in [1.29, 1.82) is 0 Å². The van der Waals surface area contributed by atoms with Crippen LogP contribution in [0, 0.1) is 26.7 Å². The van der Waals surface area contributed by atoms with Gasteiger partial charge in [0.15, 0.2) is 5.13 Å². The zero-order valence-electron chi connectivity index (χ0n) is 21.2. The summed E-state index contributed by atoms with van der Waals surface area (Å²) in [6.45, 7) is 7.01. The lowest BCUT2D eigenvalue weighted by Gasteiger charge is -2.33. The van der Waals surface area contributed by atoms with Crippen LogP contribution in [0.5, 0.6) is 0 Å². The van der Waals surface area contributed by atoms with E-state index < -0.39 is 10.0 Å². The molecule has 192 valence electrons. The van der Waals surface area contributed by atoms with E-state index in [9.17, 15) is 13.2 Å². The van der Waals surface area contributed by atoms with Gasteiger partial charge in [-0.15, -0.1) is 0 Å². The summed E-state index contributed by atoms with van der Waals surface area (Å²) in [6, 6.07) is 14.9. The minimum absolute atomic E-state index is 0.0226. The van der Waals surface area contributed by atoms with Gasteiger partial charge in [0.05, 0.1) is 21.7 Å². The minimum Gasteiger partial charge on any atom is -0.283 e. The van der Waals surface area contributed by atoms with Gasteiger partial charge < -0.3 is 0 Å². The standard InChI is InChI=1S/C28H30N4O3S2/c1-19-6-10-24(11-7-19)37(34,35)31-15-12-23(13-16-31)27(33)32(18-22-5-4-14-29-17-22)28-30-25-20(2)8-9-21(3)26(25)36-28/h4-11,14,17,23H,12-13,15-16,18H2,1-3H3. The Labute approximate surface area is 221 Å². The van der Waals surface area contributed by atoms with Gasteiger partial charge in [-0.25, -0.2) is 13.4 Å². The number of thiazole rings is 1. The number of piperidine rings is 1. The predicted octanol–water partition coefficient (Wildman–Crippen LogP) is 5.25. The lowest BCUT2D eigenvalue weighted by Crippen LogP contribution is -2.44. The molecule has 0 unspecified atom stereocenters. The highest BCUT2D eigenvalue weighted by molar-refractivity contribution is 7.89. The van der Waals surface area contributed by atoms with Crippen molar-refractivity contribution >= 4 is 42.6 Å². The van der Waals surface area contributed by atoms with Crippen molar-refractivity contribution in [3.05, 3.63) is 83.2 Å². The van der Waals surface area contributed by atoms with Crippen LogP contribution in [0.15, 0.2) is 65.8 Å². The van der Waals surface area contributed by atoms with Crippen LogP contribution < -0.4 is 4.90 Å². The molecule has 0 bridgehead atoms. The molecular formula is C28H30N4O3S2. The molecule has 0 radical (unpaired) electrons. The highest BCUT2D eigenvalue weighted by atomic mass is 32.2. The largest absolute Gasteiger partial charge is 0.283 e. The van der Waals surface area contributed by atoms with Gasteiger partial charge in [0.1, 0.15) is 0 Å². The lowest BCUT2D eigenvalue weighted by atomic mass is 9.96. The van der Waals surface area contributed by atoms with Crippen LogP contribution in [0.4, 0.5) is 5.13 Å². The molecule has 1 amide bonds. The highest BCUT2D eigenvalue weighted by Crippen LogP contribution is 2.35. The Hall–Kier alpha value is -3.14. The van der Waals surface area contributed by atoms with Crippen molar-refractivity contribution in [3.8, 4) is 0 Å². The SMILES string of the molecule is Cc1ccc(S(=O)(=O)N2CCC(C(=O)N(Cc3cccnc3)c3nc4c(C)ccc(C)c4s3)CC2)cc1. The molecule has 3 heterocycles. The number of rotatable bonds is 6. The normalized spacial score (nSPS) is 15.2. The molecular weight excluding hydrogens is 504 g/mol. The Balaban J connectivity index is 1.39. The molecule has 7 nitrogen and oxygen atoms in total. The van der Waals surface area contributed by atoms with Crippen molar-refractivity contribution in [3.63, 3.8) is 0 Å². The fraction of sp³-hybridized carbons (Fsp3) is 0.321. The molecule has 5 rings (SSSR count). The number of amides is 1. The maximum atomic E-state index is 13.9. The van der Waals surface area contributed by atoms with E-state index >= 15 is 0 Å². The molecule has 1 fully saturated rings. The zero-order valence-corrected chi connectivity index (χ0v) is 22.8. The Kier molecular flexibility index (Phi) is 7.11. The van der Waals surface area contributed by atoms with E-state index in [1.807, 2.05) is 26.0 Å². The average molecular weight is 535 g/mol. The minimum atomic E-state index is -3.59. The summed E-state index contributed by atoms with van der Waals surface area (Å²) in [4.78, 5) is 25.1. The molecule has 0 atom stereocenters. The third-order valence-electron chi connectivity index (χ3n) is 6.95. The van der Waals surface area contributed by atoms with E-state index in [2.05, 4.69) is 24.0 Å². The van der Waals surface area contributed by atoms with Gasteiger partial charge in [0.25, 0.3) is 0 Å². The average Bonchev–Trinajstić information content (AvgIpc) is 3.37. The van der Waals surface area contributed by atoms with Crippen molar-refractivity contribution < 1.29 is 13.2 Å². The van der Waals surface area contributed by atoms with Gasteiger partial charge >= 0.3 is 0 Å². The fourth-order valence-corrected chi connectivity index (χ4v) is 7.29. The third kappa shape index (κ3) is 5.16. The Morgan fingerprint density at radius 2 is 1.73 bits per heavy atom. The first-order chi connectivity index (χ1) is 17.7. The number of carbonyl (C=O) groups is 1. The van der Waals surface area contributed by atoms with Crippen molar-refractivity contribution in [2.75, 3.05) is 18.0 Å². The van der Waals surface area contributed by atoms with Gasteiger partial charge in [0, 0.05) is 31.4 Å². The summed E-state index contributed by atoms with van der Waals surface area (Å²) >= 11 is 1.53. The summed E-state index contributed by atoms with van der Waals surface area (Å²) in [7, 11) is -3.59. The quantitative estimate of drug-likeness (QED) is 0.337. The van der Waals surface area contributed by atoms with Crippen LogP contribution in [0.25, 0.3) is 10.2 Å². The van der Waals surface area contributed by atoms with Gasteiger partial charge in [-0.2, -0.15) is 4.31 Å². The molecule has 0 saturated carbocycles. The first-order valence-electron chi connectivity index (χ1n) is 12.4. The number of pyridine rings is 1. The van der Waals surface area contributed by atoms with E-state index in [1.54, 1.807) is 41.6 Å². The summed E-state index contributed by atoms with van der Waals surface area (Å²) < 4.78 is 28.9. The predicted molar refractivity (Wildman–Crippen MR) is 147 cm³/mol. The monoisotopic (exact) mass is 534 g/mol. The van der Waals surface area contributed by atoms with Crippen LogP contribution in [-0.4, -0.2) is 41.7 Å². The van der Waals surface area contributed by atoms with E-state index in [0.29, 0.717) is 42.5 Å². The number of sulfonamides is 1. The van der Waals surface area contributed by atoms with Crippen LogP contribution in [-0.2, 0) is 21.4 Å². The Bertz CT molecular complexity index is 1490. The number of anilines is 1. The second-order valence-electron chi connectivity index (χ2n) is 9.65. The molecule has 0 spiro atoms. The molecule has 2 aromatic carbocycles.